The van der Waals surface area contributed by atoms with Gasteiger partial charge in [0.25, 0.3) is 0 Å². The van der Waals surface area contributed by atoms with Gasteiger partial charge in [-0.15, -0.1) is 0 Å². The quantitative estimate of drug-likeness (QED) is 0.584. The number of nitriles is 1. The summed E-state index contributed by atoms with van der Waals surface area (Å²) in [6, 6.07) is 14.1. The van der Waals surface area contributed by atoms with Crippen LogP contribution < -0.4 is 10.1 Å². The summed E-state index contributed by atoms with van der Waals surface area (Å²) in [7, 11) is 0. The number of halogens is 1. The van der Waals surface area contributed by atoms with E-state index in [1.165, 1.54) is 19.1 Å². The molecule has 0 aliphatic heterocycles. The van der Waals surface area contributed by atoms with Crippen LogP contribution >= 0.6 is 11.6 Å². The molecule has 2 aromatic carbocycles. The minimum atomic E-state index is -0.696. The molecule has 28 heavy (non-hydrogen) atoms. The van der Waals surface area contributed by atoms with Crippen LogP contribution in [0.4, 0.5) is 5.69 Å². The van der Waals surface area contributed by atoms with E-state index in [1.807, 2.05) is 30.3 Å². The molecule has 0 aromatic heterocycles. The minimum Gasteiger partial charge on any atom is -0.425 e. The van der Waals surface area contributed by atoms with Crippen molar-refractivity contribution in [3.05, 3.63) is 58.6 Å². The molecule has 1 aliphatic carbocycles. The summed E-state index contributed by atoms with van der Waals surface area (Å²) in [5.74, 6) is -0.468. The highest BCUT2D eigenvalue weighted by Crippen LogP contribution is 2.43. The average Bonchev–Trinajstić information content (AvgIpc) is 2.69. The lowest BCUT2D eigenvalue weighted by atomic mass is 9.68. The molecule has 0 saturated heterocycles. The average molecular weight is 397 g/mol. The largest absolute Gasteiger partial charge is 0.425 e. The van der Waals surface area contributed by atoms with Crippen molar-refractivity contribution in [2.24, 2.45) is 0 Å². The van der Waals surface area contributed by atoms with Crippen LogP contribution in [-0.2, 0) is 15.0 Å². The fourth-order valence-corrected chi connectivity index (χ4v) is 4.13. The molecule has 1 amide bonds. The fourth-order valence-electron chi connectivity index (χ4n) is 3.81. The summed E-state index contributed by atoms with van der Waals surface area (Å²) in [5, 5.41) is 12.9. The van der Waals surface area contributed by atoms with E-state index in [1.54, 1.807) is 6.07 Å². The number of carbonyl (C=O) groups excluding carboxylic acids is 2. The van der Waals surface area contributed by atoms with Crippen molar-refractivity contribution in [1.29, 1.82) is 5.26 Å². The van der Waals surface area contributed by atoms with Crippen LogP contribution in [0, 0.1) is 11.3 Å². The third kappa shape index (κ3) is 4.02. The molecular weight excluding hydrogens is 376 g/mol. The molecule has 1 aliphatic rings. The van der Waals surface area contributed by atoms with Gasteiger partial charge in [0, 0.05) is 17.6 Å². The number of amides is 1. The van der Waals surface area contributed by atoms with Crippen LogP contribution in [0.3, 0.4) is 0 Å². The maximum Gasteiger partial charge on any atom is 0.308 e. The van der Waals surface area contributed by atoms with Gasteiger partial charge in [-0.3, -0.25) is 9.59 Å². The highest BCUT2D eigenvalue weighted by molar-refractivity contribution is 6.31. The van der Waals surface area contributed by atoms with E-state index in [9.17, 15) is 14.9 Å². The van der Waals surface area contributed by atoms with Gasteiger partial charge in [0.2, 0.25) is 5.91 Å². The Labute approximate surface area is 169 Å². The number of rotatable bonds is 4. The lowest BCUT2D eigenvalue weighted by Gasteiger charge is -2.37. The van der Waals surface area contributed by atoms with Crippen LogP contribution in [0.5, 0.6) is 5.75 Å². The van der Waals surface area contributed by atoms with Crippen LogP contribution in [0.2, 0.25) is 5.02 Å². The van der Waals surface area contributed by atoms with E-state index in [-0.39, 0.29) is 17.2 Å². The second kappa shape index (κ2) is 8.45. The zero-order valence-corrected chi connectivity index (χ0v) is 16.4. The number of anilines is 1. The van der Waals surface area contributed by atoms with Crippen LogP contribution in [-0.4, -0.2) is 11.9 Å². The molecule has 0 unspecified atom stereocenters. The molecule has 1 N–H and O–H groups in total. The molecule has 1 fully saturated rings. The number of esters is 1. The second-order valence-corrected chi connectivity index (χ2v) is 7.40. The SMILES string of the molecule is CC(=O)Oc1ccc(NC(=O)C2(c3ccccc3Cl)CCCCC2)cc1C#N. The van der Waals surface area contributed by atoms with E-state index in [0.29, 0.717) is 10.7 Å². The third-order valence-electron chi connectivity index (χ3n) is 5.14. The van der Waals surface area contributed by atoms with Crippen molar-refractivity contribution in [1.82, 2.24) is 0 Å². The minimum absolute atomic E-state index is 0.135. The van der Waals surface area contributed by atoms with Crippen molar-refractivity contribution in [2.75, 3.05) is 5.32 Å². The van der Waals surface area contributed by atoms with Gasteiger partial charge in [0.15, 0.2) is 0 Å². The summed E-state index contributed by atoms with van der Waals surface area (Å²) in [5.41, 5.74) is 0.807. The predicted molar refractivity (Wildman–Crippen MR) is 107 cm³/mol. The van der Waals surface area contributed by atoms with E-state index in [0.717, 1.165) is 37.7 Å². The van der Waals surface area contributed by atoms with Crippen LogP contribution in [0.25, 0.3) is 0 Å². The molecule has 1 saturated carbocycles. The molecule has 0 bridgehead atoms. The Morgan fingerprint density at radius 3 is 2.50 bits per heavy atom. The summed E-state index contributed by atoms with van der Waals surface area (Å²) in [6.45, 7) is 1.27. The number of benzene rings is 2. The first-order chi connectivity index (χ1) is 13.5. The van der Waals surface area contributed by atoms with Crippen molar-refractivity contribution in [2.45, 2.75) is 44.4 Å². The maximum absolute atomic E-state index is 13.4. The van der Waals surface area contributed by atoms with Crippen LogP contribution in [0.15, 0.2) is 42.5 Å². The van der Waals surface area contributed by atoms with Gasteiger partial charge in [-0.1, -0.05) is 49.1 Å². The Bertz CT molecular complexity index is 943. The molecule has 0 heterocycles. The molecule has 2 aromatic rings. The van der Waals surface area contributed by atoms with Gasteiger partial charge in [0.05, 0.1) is 11.0 Å². The number of hydrogen-bond acceptors (Lipinski definition) is 4. The number of ether oxygens (including phenoxy) is 1. The van der Waals surface area contributed by atoms with E-state index in [2.05, 4.69) is 5.32 Å². The summed E-state index contributed by atoms with van der Waals surface area (Å²) >= 11 is 6.44. The standard InChI is InChI=1S/C22H21ClN2O3/c1-15(26)28-20-10-9-17(13-16(20)14-24)25-21(27)22(11-5-2-6-12-22)18-7-3-4-8-19(18)23/h3-4,7-10,13H,2,5-6,11-12H2,1H3,(H,25,27). The Morgan fingerprint density at radius 2 is 1.86 bits per heavy atom. The highest BCUT2D eigenvalue weighted by atomic mass is 35.5. The van der Waals surface area contributed by atoms with Gasteiger partial charge in [-0.25, -0.2) is 0 Å². The van der Waals surface area contributed by atoms with E-state index >= 15 is 0 Å². The Balaban J connectivity index is 1.92. The Morgan fingerprint density at radius 1 is 1.14 bits per heavy atom. The van der Waals surface area contributed by atoms with Crippen molar-refractivity contribution in [3.63, 3.8) is 0 Å². The molecule has 0 atom stereocenters. The molecule has 5 nitrogen and oxygen atoms in total. The highest BCUT2D eigenvalue weighted by Gasteiger charge is 2.42. The summed E-state index contributed by atoms with van der Waals surface area (Å²) in [6.07, 6.45) is 4.44. The number of nitrogens with zero attached hydrogens (tertiary/aromatic N) is 1. The zero-order chi connectivity index (χ0) is 20.1. The summed E-state index contributed by atoms with van der Waals surface area (Å²) < 4.78 is 5.03. The van der Waals surface area contributed by atoms with Crippen molar-refractivity contribution < 1.29 is 14.3 Å². The topological polar surface area (TPSA) is 79.2 Å². The fraction of sp³-hybridized carbons (Fsp3) is 0.318. The molecular formula is C22H21ClN2O3. The molecule has 6 heteroatoms. The second-order valence-electron chi connectivity index (χ2n) is 6.99. The number of carbonyl (C=O) groups is 2. The molecule has 0 spiro atoms. The monoisotopic (exact) mass is 396 g/mol. The van der Waals surface area contributed by atoms with Gasteiger partial charge in [-0.05, 0) is 42.7 Å². The van der Waals surface area contributed by atoms with Gasteiger partial charge < -0.3 is 10.1 Å². The van der Waals surface area contributed by atoms with Crippen molar-refractivity contribution in [3.8, 4) is 11.8 Å². The first-order valence-electron chi connectivity index (χ1n) is 9.25. The predicted octanol–water partition coefficient (Wildman–Crippen LogP) is 4.98. The normalized spacial score (nSPS) is 15.3. The molecule has 144 valence electrons. The van der Waals surface area contributed by atoms with E-state index < -0.39 is 11.4 Å². The number of hydrogen-bond donors (Lipinski definition) is 1. The molecule has 0 radical (unpaired) electrons. The van der Waals surface area contributed by atoms with Gasteiger partial charge in [0.1, 0.15) is 11.8 Å². The lowest BCUT2D eigenvalue weighted by Crippen LogP contribution is -2.42. The van der Waals surface area contributed by atoms with E-state index in [4.69, 9.17) is 16.3 Å². The van der Waals surface area contributed by atoms with Gasteiger partial charge in [-0.2, -0.15) is 5.26 Å². The molecule has 3 rings (SSSR count). The van der Waals surface area contributed by atoms with Crippen LogP contribution in [0.1, 0.15) is 50.2 Å². The van der Waals surface area contributed by atoms with Gasteiger partial charge >= 0.3 is 5.97 Å². The first-order valence-corrected chi connectivity index (χ1v) is 9.63. The Kier molecular flexibility index (Phi) is 6.01. The van der Waals surface area contributed by atoms with Crippen molar-refractivity contribution >= 4 is 29.2 Å². The lowest BCUT2D eigenvalue weighted by molar-refractivity contribution is -0.132. The number of nitrogens with one attached hydrogen (secondary N) is 1. The third-order valence-corrected chi connectivity index (χ3v) is 5.47. The zero-order valence-electron chi connectivity index (χ0n) is 15.6. The smallest absolute Gasteiger partial charge is 0.308 e. The summed E-state index contributed by atoms with van der Waals surface area (Å²) in [4.78, 5) is 24.5. The Hall–Kier alpha value is -2.84. The first kappa shape index (κ1) is 19.9. The maximum atomic E-state index is 13.4.